The lowest BCUT2D eigenvalue weighted by Gasteiger charge is -2.11. The molecule has 178 valence electrons. The zero-order valence-corrected chi connectivity index (χ0v) is 18.3. The minimum absolute atomic E-state index is 0.0140. The number of hydrogen-bond donors (Lipinski definition) is 2. The second-order valence-corrected chi connectivity index (χ2v) is 7.65. The highest BCUT2D eigenvalue weighted by Gasteiger charge is 2.30. The van der Waals surface area contributed by atoms with Crippen LogP contribution in [0.1, 0.15) is 28.2 Å². The van der Waals surface area contributed by atoms with Crippen LogP contribution in [0, 0.1) is 0 Å². The lowest BCUT2D eigenvalue weighted by molar-refractivity contribution is -0.137. The summed E-state index contributed by atoms with van der Waals surface area (Å²) in [6, 6.07) is 19.9. The van der Waals surface area contributed by atoms with Crippen LogP contribution < -0.4 is 10.6 Å². The van der Waals surface area contributed by atoms with Gasteiger partial charge in [-0.15, -0.1) is 0 Å². The van der Waals surface area contributed by atoms with E-state index in [-0.39, 0.29) is 30.0 Å². The van der Waals surface area contributed by atoms with Gasteiger partial charge in [0.15, 0.2) is 11.7 Å². The highest BCUT2D eigenvalue weighted by atomic mass is 19.4. The molecule has 0 spiro atoms. The molecular weight excluding hydrogens is 459 g/mol. The van der Waals surface area contributed by atoms with Crippen molar-refractivity contribution in [3.8, 4) is 11.3 Å². The SMILES string of the molecule is O=C(CCc1ncc(-c2ccccc2)o1)Nc1cccc(C(=O)Nc2cccc(C(F)(F)F)c2)c1. The molecule has 3 aromatic carbocycles. The Morgan fingerprint density at radius 2 is 1.57 bits per heavy atom. The van der Waals surface area contributed by atoms with Crippen molar-refractivity contribution in [3.63, 3.8) is 0 Å². The number of nitrogens with one attached hydrogen (secondary N) is 2. The van der Waals surface area contributed by atoms with E-state index in [4.69, 9.17) is 4.42 Å². The molecule has 1 aromatic heterocycles. The van der Waals surface area contributed by atoms with Crippen LogP contribution in [-0.4, -0.2) is 16.8 Å². The Labute approximate surface area is 198 Å². The summed E-state index contributed by atoms with van der Waals surface area (Å²) in [6.07, 6.45) is -2.52. The zero-order chi connectivity index (χ0) is 24.8. The number of aryl methyl sites for hydroxylation is 1. The number of alkyl halides is 3. The quantitative estimate of drug-likeness (QED) is 0.331. The minimum atomic E-state index is -4.51. The first-order valence-electron chi connectivity index (χ1n) is 10.7. The van der Waals surface area contributed by atoms with Gasteiger partial charge in [0, 0.05) is 35.3 Å². The van der Waals surface area contributed by atoms with Crippen LogP contribution in [0.3, 0.4) is 0 Å². The van der Waals surface area contributed by atoms with Crippen molar-refractivity contribution >= 4 is 23.2 Å². The number of amides is 2. The number of rotatable bonds is 7. The maximum Gasteiger partial charge on any atom is 0.416 e. The molecule has 2 N–H and O–H groups in total. The number of anilines is 2. The number of nitrogens with zero attached hydrogens (tertiary/aromatic N) is 1. The predicted molar refractivity (Wildman–Crippen MR) is 125 cm³/mol. The zero-order valence-electron chi connectivity index (χ0n) is 18.3. The smallest absolute Gasteiger partial charge is 0.416 e. The Hall–Kier alpha value is -4.40. The van der Waals surface area contributed by atoms with Gasteiger partial charge in [-0.3, -0.25) is 9.59 Å². The van der Waals surface area contributed by atoms with E-state index >= 15 is 0 Å². The standard InChI is InChI=1S/C26H20F3N3O3/c27-26(28,29)19-9-5-11-21(15-19)32-25(34)18-8-4-10-20(14-18)31-23(33)12-13-24-30-16-22(35-24)17-6-2-1-3-7-17/h1-11,14-16H,12-13H2,(H,31,33)(H,32,34). The van der Waals surface area contributed by atoms with Crippen LogP contribution in [0.5, 0.6) is 0 Å². The van der Waals surface area contributed by atoms with E-state index in [0.717, 1.165) is 17.7 Å². The van der Waals surface area contributed by atoms with Crippen LogP contribution >= 0.6 is 0 Å². The molecule has 0 fully saturated rings. The molecule has 2 amide bonds. The Kier molecular flexibility index (Phi) is 6.96. The summed E-state index contributed by atoms with van der Waals surface area (Å²) in [5, 5.41) is 5.14. The van der Waals surface area contributed by atoms with E-state index in [0.29, 0.717) is 17.3 Å². The number of halogens is 3. The number of aromatic nitrogens is 1. The molecule has 35 heavy (non-hydrogen) atoms. The molecule has 0 atom stereocenters. The maximum absolute atomic E-state index is 12.9. The largest absolute Gasteiger partial charge is 0.441 e. The topological polar surface area (TPSA) is 84.2 Å². The van der Waals surface area contributed by atoms with Gasteiger partial charge in [0.1, 0.15) is 0 Å². The average molecular weight is 479 g/mol. The molecule has 0 aliphatic carbocycles. The van der Waals surface area contributed by atoms with E-state index in [2.05, 4.69) is 15.6 Å². The molecule has 0 saturated carbocycles. The summed E-state index contributed by atoms with van der Waals surface area (Å²) < 4.78 is 44.4. The van der Waals surface area contributed by atoms with Crippen LogP contribution in [-0.2, 0) is 17.4 Å². The van der Waals surface area contributed by atoms with Crippen LogP contribution in [0.25, 0.3) is 11.3 Å². The van der Waals surface area contributed by atoms with Crippen molar-refractivity contribution in [2.24, 2.45) is 0 Å². The van der Waals surface area contributed by atoms with Gasteiger partial charge in [0.2, 0.25) is 5.91 Å². The summed E-state index contributed by atoms with van der Waals surface area (Å²) >= 11 is 0. The van der Waals surface area contributed by atoms with Crippen molar-refractivity contribution in [1.29, 1.82) is 0 Å². The molecule has 4 aromatic rings. The van der Waals surface area contributed by atoms with Gasteiger partial charge in [-0.2, -0.15) is 13.2 Å². The predicted octanol–water partition coefficient (Wildman–Crippen LogP) is 6.18. The molecule has 6 nitrogen and oxygen atoms in total. The molecule has 9 heteroatoms. The van der Waals surface area contributed by atoms with Crippen molar-refractivity contribution in [3.05, 3.63) is 102 Å². The molecule has 0 unspecified atom stereocenters. The van der Waals surface area contributed by atoms with Gasteiger partial charge in [-0.25, -0.2) is 4.98 Å². The van der Waals surface area contributed by atoms with Gasteiger partial charge >= 0.3 is 6.18 Å². The Morgan fingerprint density at radius 3 is 2.31 bits per heavy atom. The number of benzene rings is 3. The number of oxazole rings is 1. The second-order valence-electron chi connectivity index (χ2n) is 7.65. The fraction of sp³-hybridized carbons (Fsp3) is 0.115. The monoisotopic (exact) mass is 479 g/mol. The van der Waals surface area contributed by atoms with E-state index < -0.39 is 17.6 Å². The summed E-state index contributed by atoms with van der Waals surface area (Å²) in [4.78, 5) is 29.1. The molecule has 0 aliphatic rings. The van der Waals surface area contributed by atoms with E-state index in [9.17, 15) is 22.8 Å². The Morgan fingerprint density at radius 1 is 0.857 bits per heavy atom. The molecule has 0 saturated heterocycles. The molecule has 0 aliphatic heterocycles. The summed E-state index contributed by atoms with van der Waals surface area (Å²) in [7, 11) is 0. The third kappa shape index (κ3) is 6.35. The van der Waals surface area contributed by atoms with E-state index in [1.165, 1.54) is 24.3 Å². The van der Waals surface area contributed by atoms with E-state index in [1.807, 2.05) is 30.3 Å². The van der Waals surface area contributed by atoms with Crippen molar-refractivity contribution < 1.29 is 27.2 Å². The minimum Gasteiger partial charge on any atom is -0.441 e. The van der Waals surface area contributed by atoms with Gasteiger partial charge in [0.25, 0.3) is 5.91 Å². The highest BCUT2D eigenvalue weighted by molar-refractivity contribution is 6.05. The van der Waals surface area contributed by atoms with Crippen molar-refractivity contribution in [1.82, 2.24) is 4.98 Å². The number of carbonyl (C=O) groups is 2. The first kappa shape index (κ1) is 23.7. The third-order valence-electron chi connectivity index (χ3n) is 5.03. The number of hydrogen-bond acceptors (Lipinski definition) is 4. The average Bonchev–Trinajstić information content (AvgIpc) is 3.32. The highest BCUT2D eigenvalue weighted by Crippen LogP contribution is 2.30. The maximum atomic E-state index is 12.9. The van der Waals surface area contributed by atoms with Crippen molar-refractivity contribution in [2.45, 2.75) is 19.0 Å². The normalized spacial score (nSPS) is 11.2. The lowest BCUT2D eigenvalue weighted by atomic mass is 10.1. The summed E-state index contributed by atoms with van der Waals surface area (Å²) in [6.45, 7) is 0. The first-order valence-corrected chi connectivity index (χ1v) is 10.7. The van der Waals surface area contributed by atoms with Gasteiger partial charge in [-0.05, 0) is 36.4 Å². The van der Waals surface area contributed by atoms with Gasteiger partial charge in [-0.1, -0.05) is 42.5 Å². The summed E-state index contributed by atoms with van der Waals surface area (Å²) in [5.41, 5.74) is 0.596. The second kappa shape index (κ2) is 10.3. The van der Waals surface area contributed by atoms with Gasteiger partial charge < -0.3 is 15.1 Å². The third-order valence-corrected chi connectivity index (χ3v) is 5.03. The molecule has 0 bridgehead atoms. The fourth-order valence-corrected chi connectivity index (χ4v) is 3.32. The fourth-order valence-electron chi connectivity index (χ4n) is 3.32. The molecule has 0 radical (unpaired) electrons. The van der Waals surface area contributed by atoms with Crippen LogP contribution in [0.2, 0.25) is 0 Å². The van der Waals surface area contributed by atoms with E-state index in [1.54, 1.807) is 18.3 Å². The molecule has 1 heterocycles. The summed E-state index contributed by atoms with van der Waals surface area (Å²) in [5.74, 6) is 0.127. The number of carbonyl (C=O) groups excluding carboxylic acids is 2. The lowest BCUT2D eigenvalue weighted by Crippen LogP contribution is -2.15. The van der Waals surface area contributed by atoms with Crippen LogP contribution in [0.15, 0.2) is 89.5 Å². The van der Waals surface area contributed by atoms with Crippen LogP contribution in [0.4, 0.5) is 24.5 Å². The van der Waals surface area contributed by atoms with Crippen molar-refractivity contribution in [2.75, 3.05) is 10.6 Å². The molecular formula is C26H20F3N3O3. The molecule has 4 rings (SSSR count). The van der Waals surface area contributed by atoms with Gasteiger partial charge in [0.05, 0.1) is 11.8 Å². The Bertz CT molecular complexity index is 1330. The first-order chi connectivity index (χ1) is 16.8. The Balaban J connectivity index is 1.34.